The van der Waals surface area contributed by atoms with E-state index >= 15 is 0 Å². The summed E-state index contributed by atoms with van der Waals surface area (Å²) in [5, 5.41) is 19.4. The molecule has 0 aliphatic heterocycles. The zero-order valence-electron chi connectivity index (χ0n) is 15.9. The average molecular weight is 419 g/mol. The van der Waals surface area contributed by atoms with Crippen molar-refractivity contribution in [1.82, 2.24) is 25.0 Å². The summed E-state index contributed by atoms with van der Waals surface area (Å²) in [5.74, 6) is 1.61. The molecule has 3 aromatic rings. The van der Waals surface area contributed by atoms with Gasteiger partial charge in [0.05, 0.1) is 6.61 Å². The van der Waals surface area contributed by atoms with E-state index < -0.39 is 0 Å². The molecular weight excluding hydrogens is 396 g/mol. The van der Waals surface area contributed by atoms with Gasteiger partial charge < -0.3 is 10.1 Å². The Labute approximate surface area is 172 Å². The first kappa shape index (κ1) is 20.2. The molecule has 0 saturated heterocycles. The third-order valence-corrected chi connectivity index (χ3v) is 5.38. The fourth-order valence-electron chi connectivity index (χ4n) is 2.53. The molecule has 0 aliphatic rings. The SMILES string of the molecule is CCOc1ccc(-c2n[nH]c(=S)n2CCC(=O)Nc2nnc(C(C)C)s2)cc1. The molecule has 0 fully saturated rings. The molecule has 0 radical (unpaired) electrons. The lowest BCUT2D eigenvalue weighted by Gasteiger charge is -2.08. The van der Waals surface area contributed by atoms with Crippen LogP contribution >= 0.6 is 23.6 Å². The molecule has 0 spiro atoms. The van der Waals surface area contributed by atoms with Gasteiger partial charge in [-0.05, 0) is 43.4 Å². The lowest BCUT2D eigenvalue weighted by Crippen LogP contribution is -2.15. The van der Waals surface area contributed by atoms with E-state index in [1.165, 1.54) is 11.3 Å². The van der Waals surface area contributed by atoms with Gasteiger partial charge in [-0.1, -0.05) is 25.2 Å². The van der Waals surface area contributed by atoms with Crippen molar-refractivity contribution in [3.8, 4) is 17.1 Å². The molecule has 0 unspecified atom stereocenters. The molecule has 0 saturated carbocycles. The number of benzene rings is 1. The second kappa shape index (κ2) is 9.07. The van der Waals surface area contributed by atoms with Gasteiger partial charge in [0.25, 0.3) is 0 Å². The van der Waals surface area contributed by atoms with E-state index in [-0.39, 0.29) is 18.2 Å². The molecule has 1 aromatic carbocycles. The molecule has 3 rings (SSSR count). The Hall–Kier alpha value is -2.59. The molecule has 28 heavy (non-hydrogen) atoms. The highest BCUT2D eigenvalue weighted by Gasteiger charge is 2.13. The Morgan fingerprint density at radius 2 is 2.07 bits per heavy atom. The summed E-state index contributed by atoms with van der Waals surface area (Å²) in [4.78, 5) is 12.3. The monoisotopic (exact) mass is 418 g/mol. The van der Waals surface area contributed by atoms with Gasteiger partial charge in [-0.3, -0.25) is 14.5 Å². The number of hydrogen-bond donors (Lipinski definition) is 2. The van der Waals surface area contributed by atoms with E-state index in [0.717, 1.165) is 16.3 Å². The Kier molecular flexibility index (Phi) is 6.53. The highest BCUT2D eigenvalue weighted by atomic mass is 32.1. The standard InChI is InChI=1S/C18H22N6O2S2/c1-4-26-13-7-5-12(6-8-13)15-20-23-18(27)24(15)10-9-14(25)19-17-22-21-16(28-17)11(2)3/h5-8,11H,4,9-10H2,1-3H3,(H,23,27)(H,19,22,25). The predicted octanol–water partition coefficient (Wildman–Crippen LogP) is 4.01. The molecular formula is C18H22N6O2S2. The van der Waals surface area contributed by atoms with Crippen molar-refractivity contribution in [2.45, 2.75) is 39.7 Å². The zero-order chi connectivity index (χ0) is 20.1. The molecule has 0 bridgehead atoms. The number of nitrogens with one attached hydrogen (secondary N) is 2. The van der Waals surface area contributed by atoms with Crippen LogP contribution < -0.4 is 10.1 Å². The van der Waals surface area contributed by atoms with Crippen LogP contribution in [0.25, 0.3) is 11.4 Å². The Balaban J connectivity index is 1.66. The fourth-order valence-corrected chi connectivity index (χ4v) is 3.51. The van der Waals surface area contributed by atoms with Gasteiger partial charge in [-0.2, -0.15) is 5.10 Å². The van der Waals surface area contributed by atoms with Gasteiger partial charge in [0, 0.05) is 24.4 Å². The Morgan fingerprint density at radius 3 is 2.71 bits per heavy atom. The molecule has 0 atom stereocenters. The number of aromatic amines is 1. The lowest BCUT2D eigenvalue weighted by atomic mass is 10.2. The highest BCUT2D eigenvalue weighted by molar-refractivity contribution is 7.71. The topological polar surface area (TPSA) is 97.7 Å². The highest BCUT2D eigenvalue weighted by Crippen LogP contribution is 2.23. The number of carbonyl (C=O) groups is 1. The summed E-state index contributed by atoms with van der Waals surface area (Å²) in [5.41, 5.74) is 0.891. The van der Waals surface area contributed by atoms with E-state index in [1.807, 2.05) is 49.6 Å². The lowest BCUT2D eigenvalue weighted by molar-refractivity contribution is -0.116. The first-order valence-electron chi connectivity index (χ1n) is 8.99. The third-order valence-electron chi connectivity index (χ3n) is 3.93. The van der Waals surface area contributed by atoms with E-state index in [1.54, 1.807) is 0 Å². The molecule has 1 amide bonds. The number of ether oxygens (including phenoxy) is 1. The van der Waals surface area contributed by atoms with Crippen molar-refractivity contribution in [3.63, 3.8) is 0 Å². The van der Waals surface area contributed by atoms with Crippen LogP contribution in [0.4, 0.5) is 5.13 Å². The maximum atomic E-state index is 12.3. The summed E-state index contributed by atoms with van der Waals surface area (Å²) in [6.07, 6.45) is 0.245. The number of amides is 1. The molecule has 2 aromatic heterocycles. The van der Waals surface area contributed by atoms with Crippen LogP contribution in [-0.2, 0) is 11.3 Å². The number of nitrogens with zero attached hydrogens (tertiary/aromatic N) is 4. The maximum absolute atomic E-state index is 12.3. The van der Waals surface area contributed by atoms with Gasteiger partial charge in [0.15, 0.2) is 10.6 Å². The average Bonchev–Trinajstić information content (AvgIpc) is 3.28. The minimum Gasteiger partial charge on any atom is -0.494 e. The zero-order valence-corrected chi connectivity index (χ0v) is 17.6. The van der Waals surface area contributed by atoms with Gasteiger partial charge in [0.1, 0.15) is 10.8 Å². The smallest absolute Gasteiger partial charge is 0.227 e. The number of H-pyrrole nitrogens is 1. The molecule has 2 heterocycles. The minimum absolute atomic E-state index is 0.146. The Bertz CT molecular complexity index is 990. The van der Waals surface area contributed by atoms with Crippen LogP contribution in [0.15, 0.2) is 24.3 Å². The van der Waals surface area contributed by atoms with Crippen molar-refractivity contribution >= 4 is 34.6 Å². The molecule has 8 nitrogen and oxygen atoms in total. The second-order valence-corrected chi connectivity index (χ2v) is 7.76. The fraction of sp³-hybridized carbons (Fsp3) is 0.389. The first-order chi connectivity index (χ1) is 13.5. The largest absolute Gasteiger partial charge is 0.494 e. The van der Waals surface area contributed by atoms with E-state index in [4.69, 9.17) is 17.0 Å². The normalized spacial score (nSPS) is 11.0. The number of hydrogen-bond acceptors (Lipinski definition) is 7. The van der Waals surface area contributed by atoms with Crippen LogP contribution in [0.3, 0.4) is 0 Å². The van der Waals surface area contributed by atoms with Crippen molar-refractivity contribution < 1.29 is 9.53 Å². The van der Waals surface area contributed by atoms with Crippen LogP contribution in [0, 0.1) is 4.77 Å². The molecule has 0 aliphatic carbocycles. The number of carbonyl (C=O) groups excluding carboxylic acids is 1. The third kappa shape index (κ3) is 4.82. The molecule has 2 N–H and O–H groups in total. The number of rotatable bonds is 8. The number of aromatic nitrogens is 5. The van der Waals surface area contributed by atoms with Crippen molar-refractivity contribution in [2.24, 2.45) is 0 Å². The summed E-state index contributed by atoms with van der Waals surface area (Å²) >= 11 is 6.71. The van der Waals surface area contributed by atoms with E-state index in [0.29, 0.717) is 28.9 Å². The first-order valence-corrected chi connectivity index (χ1v) is 10.2. The van der Waals surface area contributed by atoms with Crippen LogP contribution in [-0.4, -0.2) is 37.5 Å². The van der Waals surface area contributed by atoms with Gasteiger partial charge in [0.2, 0.25) is 11.0 Å². The van der Waals surface area contributed by atoms with Crippen molar-refractivity contribution in [1.29, 1.82) is 0 Å². The quantitative estimate of drug-likeness (QED) is 0.537. The molecule has 148 valence electrons. The number of anilines is 1. The summed E-state index contributed by atoms with van der Waals surface area (Å²) < 4.78 is 7.74. The van der Waals surface area contributed by atoms with Crippen molar-refractivity contribution in [3.05, 3.63) is 34.0 Å². The minimum atomic E-state index is -0.146. The predicted molar refractivity (Wildman–Crippen MR) is 111 cm³/mol. The van der Waals surface area contributed by atoms with Crippen LogP contribution in [0.2, 0.25) is 0 Å². The van der Waals surface area contributed by atoms with Gasteiger partial charge >= 0.3 is 0 Å². The summed E-state index contributed by atoms with van der Waals surface area (Å²) in [6, 6.07) is 7.60. The van der Waals surface area contributed by atoms with E-state index in [2.05, 4.69) is 25.7 Å². The van der Waals surface area contributed by atoms with Crippen LogP contribution in [0.1, 0.15) is 38.1 Å². The maximum Gasteiger partial charge on any atom is 0.227 e. The summed E-state index contributed by atoms with van der Waals surface area (Å²) in [7, 11) is 0. The summed E-state index contributed by atoms with van der Waals surface area (Å²) in [6.45, 7) is 7.03. The van der Waals surface area contributed by atoms with Crippen LogP contribution in [0.5, 0.6) is 5.75 Å². The second-order valence-electron chi connectivity index (χ2n) is 6.36. The Morgan fingerprint density at radius 1 is 1.32 bits per heavy atom. The van der Waals surface area contributed by atoms with Crippen molar-refractivity contribution in [2.75, 3.05) is 11.9 Å². The van der Waals surface area contributed by atoms with Gasteiger partial charge in [-0.25, -0.2) is 0 Å². The van der Waals surface area contributed by atoms with E-state index in [9.17, 15) is 4.79 Å². The van der Waals surface area contributed by atoms with Gasteiger partial charge in [-0.15, -0.1) is 10.2 Å². The molecule has 10 heteroatoms.